The van der Waals surface area contributed by atoms with Gasteiger partial charge in [-0.2, -0.15) is 0 Å². The summed E-state index contributed by atoms with van der Waals surface area (Å²) in [5, 5.41) is 2.80. The predicted molar refractivity (Wildman–Crippen MR) is 76.5 cm³/mol. The fourth-order valence-corrected chi connectivity index (χ4v) is 2.07. The molecule has 0 aliphatic rings. The third-order valence-electron chi connectivity index (χ3n) is 3.06. The van der Waals surface area contributed by atoms with Gasteiger partial charge in [0.25, 0.3) is 5.56 Å². The molecule has 0 unspecified atom stereocenters. The largest absolute Gasteiger partial charge is 0.493 e. The van der Waals surface area contributed by atoms with E-state index in [0.29, 0.717) is 22.8 Å². The zero-order valence-corrected chi connectivity index (χ0v) is 11.1. The number of hydrogen-bond donors (Lipinski definition) is 1. The summed E-state index contributed by atoms with van der Waals surface area (Å²) < 4.78 is 11.8. The molecule has 0 saturated heterocycles. The molecule has 0 aliphatic carbocycles. The average Bonchev–Trinajstić information content (AvgIpc) is 2.95. The first-order chi connectivity index (χ1) is 9.72. The number of nitrogens with one attached hydrogen (secondary N) is 1. The summed E-state index contributed by atoms with van der Waals surface area (Å²) in [7, 11) is 3.15. The first-order valence-corrected chi connectivity index (χ1v) is 6.02. The van der Waals surface area contributed by atoms with E-state index in [0.717, 1.165) is 5.56 Å². The van der Waals surface area contributed by atoms with Gasteiger partial charge < -0.3 is 9.47 Å². The van der Waals surface area contributed by atoms with E-state index in [2.05, 4.69) is 10.1 Å². The number of ether oxygens (including phenoxy) is 2. The second kappa shape index (κ2) is 4.73. The minimum Gasteiger partial charge on any atom is -0.493 e. The van der Waals surface area contributed by atoms with Crippen molar-refractivity contribution in [2.75, 3.05) is 14.2 Å². The van der Waals surface area contributed by atoms with Crippen molar-refractivity contribution in [1.82, 2.24) is 14.6 Å². The Balaban J connectivity index is 0.00000161. The summed E-state index contributed by atoms with van der Waals surface area (Å²) in [5.41, 5.74) is 1.80. The van der Waals surface area contributed by atoms with Gasteiger partial charge in [0.2, 0.25) is 0 Å². The fourth-order valence-electron chi connectivity index (χ4n) is 2.07. The Morgan fingerprint density at radius 1 is 1.15 bits per heavy atom. The summed E-state index contributed by atoms with van der Waals surface area (Å²) >= 11 is 0. The van der Waals surface area contributed by atoms with Crippen LogP contribution in [0.3, 0.4) is 0 Å². The van der Waals surface area contributed by atoms with Gasteiger partial charge in [0.1, 0.15) is 0 Å². The van der Waals surface area contributed by atoms with Gasteiger partial charge in [-0.3, -0.25) is 9.89 Å². The molecule has 0 amide bonds. The van der Waals surface area contributed by atoms with Crippen LogP contribution in [0.4, 0.5) is 0 Å². The van der Waals surface area contributed by atoms with Crippen molar-refractivity contribution in [3.05, 3.63) is 46.9 Å². The van der Waals surface area contributed by atoms with E-state index in [9.17, 15) is 4.79 Å². The third-order valence-corrected chi connectivity index (χ3v) is 3.06. The lowest BCUT2D eigenvalue weighted by Crippen LogP contribution is -2.14. The number of H-pyrrole nitrogens is 1. The van der Waals surface area contributed by atoms with E-state index in [1.165, 1.54) is 10.6 Å². The third kappa shape index (κ3) is 1.91. The highest BCUT2D eigenvalue weighted by molar-refractivity contribution is 5.65. The molecule has 1 aromatic carbocycles. The molecule has 1 N–H and O–H groups in total. The summed E-state index contributed by atoms with van der Waals surface area (Å²) in [6.45, 7) is 0. The highest BCUT2D eigenvalue weighted by Gasteiger charge is 2.09. The van der Waals surface area contributed by atoms with Crippen molar-refractivity contribution in [1.29, 1.82) is 0 Å². The van der Waals surface area contributed by atoms with Crippen LogP contribution in [-0.2, 0) is 0 Å². The van der Waals surface area contributed by atoms with E-state index < -0.39 is 0 Å². The maximum Gasteiger partial charge on any atom is 0.273 e. The van der Waals surface area contributed by atoms with Crippen molar-refractivity contribution < 1.29 is 10.9 Å². The molecule has 0 saturated carbocycles. The van der Waals surface area contributed by atoms with Crippen LogP contribution in [0.5, 0.6) is 11.5 Å². The van der Waals surface area contributed by atoms with E-state index in [4.69, 9.17) is 9.47 Å². The van der Waals surface area contributed by atoms with Gasteiger partial charge in [-0.25, -0.2) is 9.50 Å². The molecule has 6 heteroatoms. The second-order valence-electron chi connectivity index (χ2n) is 4.21. The molecule has 2 heterocycles. The highest BCUT2D eigenvalue weighted by Crippen LogP contribution is 2.31. The normalized spacial score (nSPS) is 10.7. The van der Waals surface area contributed by atoms with Gasteiger partial charge >= 0.3 is 0 Å². The van der Waals surface area contributed by atoms with Crippen molar-refractivity contribution in [2.45, 2.75) is 0 Å². The van der Waals surface area contributed by atoms with Crippen molar-refractivity contribution in [3.8, 4) is 22.8 Å². The quantitative estimate of drug-likeness (QED) is 0.792. The van der Waals surface area contributed by atoms with Crippen LogP contribution in [0.1, 0.15) is 1.43 Å². The molecule has 0 aliphatic heterocycles. The molecular formula is C14H15N3O3. The van der Waals surface area contributed by atoms with Gasteiger partial charge in [-0.1, -0.05) is 0 Å². The summed E-state index contributed by atoms with van der Waals surface area (Å²) in [4.78, 5) is 16.4. The van der Waals surface area contributed by atoms with Crippen LogP contribution in [0.15, 0.2) is 41.3 Å². The molecule has 2 aromatic heterocycles. The first-order valence-electron chi connectivity index (χ1n) is 6.02. The second-order valence-corrected chi connectivity index (χ2v) is 4.21. The predicted octanol–water partition coefficient (Wildman–Crippen LogP) is 1.95. The zero-order chi connectivity index (χ0) is 14.1. The molecule has 0 fully saturated rings. The lowest BCUT2D eigenvalue weighted by atomic mass is 10.1. The Morgan fingerprint density at radius 2 is 1.95 bits per heavy atom. The fraction of sp³-hybridized carbons (Fsp3) is 0.143. The molecule has 0 spiro atoms. The van der Waals surface area contributed by atoms with Gasteiger partial charge in [0, 0.05) is 25.3 Å². The molecule has 3 rings (SSSR count). The van der Waals surface area contributed by atoms with E-state index in [1.807, 2.05) is 6.07 Å². The molecule has 20 heavy (non-hydrogen) atoms. The average molecular weight is 273 g/mol. The summed E-state index contributed by atoms with van der Waals surface area (Å²) in [6, 6.07) is 8.64. The minimum absolute atomic E-state index is 0. The number of hydrogen-bond acceptors (Lipinski definition) is 4. The Morgan fingerprint density at radius 3 is 2.70 bits per heavy atom. The van der Waals surface area contributed by atoms with Gasteiger partial charge in [0.15, 0.2) is 17.1 Å². The Kier molecular flexibility index (Phi) is 2.90. The van der Waals surface area contributed by atoms with Crippen LogP contribution in [0.2, 0.25) is 0 Å². The van der Waals surface area contributed by atoms with Crippen LogP contribution < -0.4 is 15.0 Å². The van der Waals surface area contributed by atoms with Crippen LogP contribution in [-0.4, -0.2) is 28.8 Å². The number of aromatic amines is 1. The Labute approximate surface area is 116 Å². The standard InChI is InChI=1S/C14H13N3O3.H2/c1-19-11-4-3-9(7-12(11)20-2)10-8-14(18)17-13(16-10)5-6-15-17;/h3-8,15H,1-2H3;1H. The van der Waals surface area contributed by atoms with E-state index in [-0.39, 0.29) is 6.99 Å². The minimum atomic E-state index is -0.162. The van der Waals surface area contributed by atoms with E-state index in [1.54, 1.807) is 38.6 Å². The van der Waals surface area contributed by atoms with E-state index >= 15 is 0 Å². The van der Waals surface area contributed by atoms with Gasteiger partial charge in [-0.05, 0) is 18.2 Å². The monoisotopic (exact) mass is 273 g/mol. The molecule has 0 bridgehead atoms. The number of methoxy groups -OCH3 is 2. The lowest BCUT2D eigenvalue weighted by molar-refractivity contribution is 0.355. The molecule has 3 aromatic rings. The van der Waals surface area contributed by atoms with Gasteiger partial charge in [-0.15, -0.1) is 0 Å². The van der Waals surface area contributed by atoms with Crippen LogP contribution in [0, 0.1) is 0 Å². The first kappa shape index (κ1) is 12.3. The summed E-state index contributed by atoms with van der Waals surface area (Å²) in [5.74, 6) is 1.23. The lowest BCUT2D eigenvalue weighted by Gasteiger charge is -2.09. The smallest absolute Gasteiger partial charge is 0.273 e. The maximum atomic E-state index is 11.9. The molecule has 0 radical (unpaired) electrons. The molecular weight excluding hydrogens is 258 g/mol. The van der Waals surface area contributed by atoms with Crippen molar-refractivity contribution >= 4 is 5.65 Å². The van der Waals surface area contributed by atoms with Crippen molar-refractivity contribution in [3.63, 3.8) is 0 Å². The maximum absolute atomic E-state index is 11.9. The Hall–Kier alpha value is -2.76. The highest BCUT2D eigenvalue weighted by atomic mass is 16.5. The summed E-state index contributed by atoms with van der Waals surface area (Å²) in [6.07, 6.45) is 1.67. The number of nitrogens with zero attached hydrogens (tertiary/aromatic N) is 2. The van der Waals surface area contributed by atoms with Gasteiger partial charge in [0.05, 0.1) is 19.9 Å². The molecule has 6 nitrogen and oxygen atoms in total. The molecule has 104 valence electrons. The topological polar surface area (TPSA) is 68.6 Å². The number of aromatic nitrogens is 3. The number of benzene rings is 1. The molecule has 0 atom stereocenters. The van der Waals surface area contributed by atoms with Crippen LogP contribution in [0.25, 0.3) is 16.9 Å². The number of fused-ring (bicyclic) bond motifs is 1. The zero-order valence-electron chi connectivity index (χ0n) is 11.1. The van der Waals surface area contributed by atoms with Crippen LogP contribution >= 0.6 is 0 Å². The number of rotatable bonds is 3. The SMILES string of the molecule is COc1ccc(-c2cc(=O)n3[nH]ccc3n2)cc1OC.[HH]. The van der Waals surface area contributed by atoms with Crippen molar-refractivity contribution in [2.24, 2.45) is 0 Å². The Bertz CT molecular complexity index is 826.